The zero-order chi connectivity index (χ0) is 12.2. The van der Waals surface area contributed by atoms with Crippen molar-refractivity contribution in [3.8, 4) is 0 Å². The van der Waals surface area contributed by atoms with Crippen LogP contribution >= 0.6 is 0 Å². The first-order valence-electron chi connectivity index (χ1n) is 6.00. The highest BCUT2D eigenvalue weighted by Gasteiger charge is 2.29. The Morgan fingerprint density at radius 3 is 2.25 bits per heavy atom. The number of piperidine rings is 1. The van der Waals surface area contributed by atoms with Gasteiger partial charge in [0.25, 0.3) is 0 Å². The fourth-order valence-corrected chi connectivity index (χ4v) is 3.47. The molecule has 1 heterocycles. The number of hydrogen-bond donors (Lipinski definition) is 0. The van der Waals surface area contributed by atoms with E-state index < -0.39 is 9.84 Å². The lowest BCUT2D eigenvalue weighted by Gasteiger charge is -2.31. The maximum atomic E-state index is 11.7. The first-order valence-corrected chi connectivity index (χ1v) is 7.72. The Morgan fingerprint density at radius 2 is 1.81 bits per heavy atom. The van der Waals surface area contributed by atoms with Gasteiger partial charge in [0.1, 0.15) is 0 Å². The molecular weight excluding hydrogens is 226 g/mol. The van der Waals surface area contributed by atoms with Gasteiger partial charge in [-0.3, -0.25) is 4.79 Å². The molecule has 0 aromatic heterocycles. The van der Waals surface area contributed by atoms with Gasteiger partial charge in [0, 0.05) is 25.3 Å². The van der Waals surface area contributed by atoms with Gasteiger partial charge in [-0.1, -0.05) is 13.8 Å². The highest BCUT2D eigenvalue weighted by molar-refractivity contribution is 7.92. The molecule has 0 aromatic rings. The number of carbonyl (C=O) groups is 1. The van der Waals surface area contributed by atoms with Gasteiger partial charge in [0.2, 0.25) is 5.91 Å². The summed E-state index contributed by atoms with van der Waals surface area (Å²) in [6.07, 6.45) is 2.63. The smallest absolute Gasteiger partial charge is 0.222 e. The predicted octanol–water partition coefficient (Wildman–Crippen LogP) is 1.21. The molecule has 94 valence electrons. The summed E-state index contributed by atoms with van der Waals surface area (Å²) >= 11 is 0. The Balaban J connectivity index is 2.49. The van der Waals surface area contributed by atoms with E-state index in [9.17, 15) is 13.2 Å². The average molecular weight is 247 g/mol. The molecule has 1 aliphatic rings. The molecule has 1 saturated heterocycles. The molecule has 0 aromatic carbocycles. The van der Waals surface area contributed by atoms with Gasteiger partial charge in [0.15, 0.2) is 9.84 Å². The Hall–Kier alpha value is -0.580. The molecule has 0 unspecified atom stereocenters. The highest BCUT2D eigenvalue weighted by Crippen LogP contribution is 2.19. The molecule has 0 spiro atoms. The molecule has 16 heavy (non-hydrogen) atoms. The summed E-state index contributed by atoms with van der Waals surface area (Å²) in [4.78, 5) is 13.4. The summed E-state index contributed by atoms with van der Waals surface area (Å²) in [5.41, 5.74) is 0. The first kappa shape index (κ1) is 13.5. The van der Waals surface area contributed by atoms with Crippen molar-refractivity contribution in [3.05, 3.63) is 0 Å². The molecular formula is C11H21NO3S. The molecule has 1 aliphatic heterocycles. The standard InChI is InChI=1S/C11H21NO3S/c1-3-5-11(13)12-8-6-10(7-9-12)16(14,15)4-2/h10H,3-9H2,1-2H3. The van der Waals surface area contributed by atoms with Gasteiger partial charge in [0.05, 0.1) is 5.25 Å². The van der Waals surface area contributed by atoms with Crippen LogP contribution in [0.5, 0.6) is 0 Å². The topological polar surface area (TPSA) is 54.5 Å². The van der Waals surface area contributed by atoms with Gasteiger partial charge in [-0.15, -0.1) is 0 Å². The Bertz CT molecular complexity index is 329. The van der Waals surface area contributed by atoms with Crippen molar-refractivity contribution < 1.29 is 13.2 Å². The van der Waals surface area contributed by atoms with Gasteiger partial charge < -0.3 is 4.90 Å². The predicted molar refractivity (Wildman–Crippen MR) is 64.0 cm³/mol. The maximum absolute atomic E-state index is 11.7. The minimum atomic E-state index is -2.92. The lowest BCUT2D eigenvalue weighted by molar-refractivity contribution is -0.132. The SMILES string of the molecule is CCCC(=O)N1CCC(S(=O)(=O)CC)CC1. The van der Waals surface area contributed by atoms with Crippen molar-refractivity contribution >= 4 is 15.7 Å². The van der Waals surface area contributed by atoms with Crippen LogP contribution in [-0.4, -0.2) is 43.3 Å². The maximum Gasteiger partial charge on any atom is 0.222 e. The van der Waals surface area contributed by atoms with E-state index in [1.54, 1.807) is 11.8 Å². The van der Waals surface area contributed by atoms with Crippen LogP contribution in [0.4, 0.5) is 0 Å². The second kappa shape index (κ2) is 5.66. The monoisotopic (exact) mass is 247 g/mol. The van der Waals surface area contributed by atoms with Crippen LogP contribution in [0.1, 0.15) is 39.5 Å². The molecule has 0 bridgehead atoms. The molecule has 5 heteroatoms. The van der Waals surface area contributed by atoms with Gasteiger partial charge in [-0.25, -0.2) is 8.42 Å². The lowest BCUT2D eigenvalue weighted by Crippen LogP contribution is -2.42. The van der Waals surface area contributed by atoms with Crippen molar-refractivity contribution in [2.24, 2.45) is 0 Å². The van der Waals surface area contributed by atoms with Crippen molar-refractivity contribution in [3.63, 3.8) is 0 Å². The van der Waals surface area contributed by atoms with E-state index in [0.29, 0.717) is 32.4 Å². The quantitative estimate of drug-likeness (QED) is 0.750. The molecule has 1 amide bonds. The summed E-state index contributed by atoms with van der Waals surface area (Å²) in [7, 11) is -2.92. The second-order valence-corrected chi connectivity index (χ2v) is 6.85. The largest absolute Gasteiger partial charge is 0.343 e. The molecule has 1 rings (SSSR count). The van der Waals surface area contributed by atoms with Crippen molar-refractivity contribution in [1.82, 2.24) is 4.90 Å². The van der Waals surface area contributed by atoms with E-state index in [2.05, 4.69) is 0 Å². The molecule has 0 saturated carbocycles. The average Bonchev–Trinajstić information content (AvgIpc) is 2.29. The number of carbonyl (C=O) groups excluding carboxylic acids is 1. The summed E-state index contributed by atoms with van der Waals surface area (Å²) < 4.78 is 23.3. The third-order valence-corrected chi connectivity index (χ3v) is 5.46. The number of hydrogen-bond acceptors (Lipinski definition) is 3. The molecule has 4 nitrogen and oxygen atoms in total. The third-order valence-electron chi connectivity index (χ3n) is 3.17. The lowest BCUT2D eigenvalue weighted by atomic mass is 10.1. The summed E-state index contributed by atoms with van der Waals surface area (Å²) in [5, 5.41) is -0.233. The van der Waals surface area contributed by atoms with Crippen LogP contribution < -0.4 is 0 Å². The molecule has 0 aliphatic carbocycles. The van der Waals surface area contributed by atoms with Crippen LogP contribution in [0.15, 0.2) is 0 Å². The number of nitrogens with zero attached hydrogens (tertiary/aromatic N) is 1. The number of sulfone groups is 1. The van der Waals surface area contributed by atoms with Gasteiger partial charge in [-0.05, 0) is 19.3 Å². The van der Waals surface area contributed by atoms with Crippen molar-refractivity contribution in [1.29, 1.82) is 0 Å². The molecule has 1 fully saturated rings. The second-order valence-electron chi connectivity index (χ2n) is 4.28. The summed E-state index contributed by atoms with van der Waals surface area (Å²) in [6, 6.07) is 0. The normalized spacial score (nSPS) is 18.8. The molecule has 0 radical (unpaired) electrons. The van der Waals surface area contributed by atoms with Crippen molar-refractivity contribution in [2.75, 3.05) is 18.8 Å². The van der Waals surface area contributed by atoms with Gasteiger partial charge >= 0.3 is 0 Å². The van der Waals surface area contributed by atoms with Crippen molar-refractivity contribution in [2.45, 2.75) is 44.8 Å². The van der Waals surface area contributed by atoms with E-state index in [4.69, 9.17) is 0 Å². The van der Waals surface area contributed by atoms with E-state index >= 15 is 0 Å². The Labute approximate surface area is 97.9 Å². The minimum absolute atomic E-state index is 0.162. The van der Waals surface area contributed by atoms with Crippen LogP contribution in [0.2, 0.25) is 0 Å². The Morgan fingerprint density at radius 1 is 1.25 bits per heavy atom. The number of likely N-dealkylation sites (tertiary alicyclic amines) is 1. The fraction of sp³-hybridized carbons (Fsp3) is 0.909. The summed E-state index contributed by atoms with van der Waals surface area (Å²) in [5.74, 6) is 0.371. The zero-order valence-electron chi connectivity index (χ0n) is 10.1. The van der Waals surface area contributed by atoms with Crippen LogP contribution in [0, 0.1) is 0 Å². The fourth-order valence-electron chi connectivity index (χ4n) is 2.07. The first-order chi connectivity index (χ1) is 7.51. The van der Waals surface area contributed by atoms with Crippen LogP contribution in [0.3, 0.4) is 0 Å². The Kier molecular flexibility index (Phi) is 4.77. The van der Waals surface area contributed by atoms with E-state index in [-0.39, 0.29) is 16.9 Å². The van der Waals surface area contributed by atoms with E-state index in [1.165, 1.54) is 0 Å². The molecule has 0 N–H and O–H groups in total. The van der Waals surface area contributed by atoms with Gasteiger partial charge in [-0.2, -0.15) is 0 Å². The number of rotatable bonds is 4. The minimum Gasteiger partial charge on any atom is -0.343 e. The third kappa shape index (κ3) is 3.20. The number of amides is 1. The zero-order valence-corrected chi connectivity index (χ0v) is 10.9. The van der Waals surface area contributed by atoms with Crippen LogP contribution in [0.25, 0.3) is 0 Å². The summed E-state index contributed by atoms with van der Waals surface area (Å²) in [6.45, 7) is 4.86. The molecule has 0 atom stereocenters. The highest BCUT2D eigenvalue weighted by atomic mass is 32.2. The van der Waals surface area contributed by atoms with E-state index in [1.807, 2.05) is 6.92 Å². The van der Waals surface area contributed by atoms with Crippen LogP contribution in [-0.2, 0) is 14.6 Å². The van der Waals surface area contributed by atoms with E-state index in [0.717, 1.165) is 6.42 Å².